The lowest BCUT2D eigenvalue weighted by molar-refractivity contribution is -0.120. The fraction of sp³-hybridized carbons (Fsp3) is 0.235. The Labute approximate surface area is 145 Å². The minimum absolute atomic E-state index is 0.0745. The summed E-state index contributed by atoms with van der Waals surface area (Å²) in [6.45, 7) is 0.580. The Morgan fingerprint density at radius 1 is 1.00 bits per heavy atom. The van der Waals surface area contributed by atoms with E-state index in [4.69, 9.17) is 23.2 Å². The zero-order chi connectivity index (χ0) is 15.8. The van der Waals surface area contributed by atoms with E-state index in [-0.39, 0.29) is 5.91 Å². The lowest BCUT2D eigenvalue weighted by Gasteiger charge is -2.06. The lowest BCUT2D eigenvalue weighted by atomic mass is 10.2. The Balaban J connectivity index is 1.63. The van der Waals surface area contributed by atoms with Crippen LogP contribution in [0.4, 0.5) is 0 Å². The zero-order valence-electron chi connectivity index (χ0n) is 12.0. The van der Waals surface area contributed by atoms with Crippen LogP contribution in [0, 0.1) is 0 Å². The Bertz CT molecular complexity index is 619. The van der Waals surface area contributed by atoms with E-state index in [1.165, 1.54) is 0 Å². The number of hydrogen-bond acceptors (Lipinski definition) is 2. The van der Waals surface area contributed by atoms with E-state index in [1.807, 2.05) is 42.5 Å². The minimum atomic E-state index is 0.0745. The molecule has 0 unspecified atom stereocenters. The van der Waals surface area contributed by atoms with Crippen molar-refractivity contribution in [3.63, 3.8) is 0 Å². The summed E-state index contributed by atoms with van der Waals surface area (Å²) in [5.41, 5.74) is 2.23. The topological polar surface area (TPSA) is 29.1 Å². The molecule has 22 heavy (non-hydrogen) atoms. The first kappa shape index (κ1) is 17.2. The van der Waals surface area contributed by atoms with Gasteiger partial charge >= 0.3 is 0 Å². The van der Waals surface area contributed by atoms with E-state index in [0.29, 0.717) is 23.0 Å². The lowest BCUT2D eigenvalue weighted by Crippen LogP contribution is -2.22. The molecule has 2 aromatic carbocycles. The highest BCUT2D eigenvalue weighted by atomic mass is 35.5. The summed E-state index contributed by atoms with van der Waals surface area (Å²) in [6.07, 6.45) is 0.513. The number of carbonyl (C=O) groups is 1. The van der Waals surface area contributed by atoms with Crippen LogP contribution >= 0.6 is 35.0 Å². The molecule has 2 rings (SSSR count). The van der Waals surface area contributed by atoms with Crippen LogP contribution in [0.5, 0.6) is 0 Å². The zero-order valence-corrected chi connectivity index (χ0v) is 14.3. The fourth-order valence-corrected chi connectivity index (χ4v) is 3.08. The molecular weight excluding hydrogens is 337 g/mol. The molecule has 0 radical (unpaired) electrons. The third-order valence-electron chi connectivity index (χ3n) is 3.06. The van der Waals surface area contributed by atoms with E-state index in [1.54, 1.807) is 17.8 Å². The molecule has 0 aliphatic carbocycles. The van der Waals surface area contributed by atoms with Gasteiger partial charge in [-0.25, -0.2) is 0 Å². The van der Waals surface area contributed by atoms with Gasteiger partial charge in [-0.2, -0.15) is 11.8 Å². The summed E-state index contributed by atoms with van der Waals surface area (Å²) in [6, 6.07) is 15.5. The molecule has 0 saturated heterocycles. The van der Waals surface area contributed by atoms with Gasteiger partial charge < -0.3 is 5.32 Å². The van der Waals surface area contributed by atoms with Crippen molar-refractivity contribution < 1.29 is 4.79 Å². The number of nitrogens with one attached hydrogen (secondary N) is 1. The maximum atomic E-state index is 11.8. The third kappa shape index (κ3) is 5.91. The highest BCUT2D eigenvalue weighted by molar-refractivity contribution is 7.98. The van der Waals surface area contributed by atoms with Gasteiger partial charge in [0.05, 0.1) is 10.0 Å². The first-order valence-electron chi connectivity index (χ1n) is 6.97. The van der Waals surface area contributed by atoms with E-state index in [9.17, 15) is 4.79 Å². The van der Waals surface area contributed by atoms with Crippen LogP contribution in [0.3, 0.4) is 0 Å². The Kier molecular flexibility index (Phi) is 7.10. The van der Waals surface area contributed by atoms with Crippen LogP contribution in [-0.2, 0) is 17.1 Å². The SMILES string of the molecule is O=C(CCSCc1ccc(Cl)c(Cl)c1)NCc1ccccc1. The largest absolute Gasteiger partial charge is 0.352 e. The Morgan fingerprint density at radius 2 is 1.77 bits per heavy atom. The molecule has 116 valence electrons. The van der Waals surface area contributed by atoms with Crippen LogP contribution < -0.4 is 5.32 Å². The van der Waals surface area contributed by atoms with E-state index in [2.05, 4.69) is 5.32 Å². The standard InChI is InChI=1S/C17H17Cl2NOS/c18-15-7-6-14(10-16(15)19)12-22-9-8-17(21)20-11-13-4-2-1-3-5-13/h1-7,10H,8-9,11-12H2,(H,20,21). The number of hydrogen-bond donors (Lipinski definition) is 1. The van der Waals surface area contributed by atoms with Crippen molar-refractivity contribution in [2.24, 2.45) is 0 Å². The number of carbonyl (C=O) groups excluding carboxylic acids is 1. The third-order valence-corrected chi connectivity index (χ3v) is 4.83. The number of halogens is 2. The van der Waals surface area contributed by atoms with Crippen molar-refractivity contribution in [2.75, 3.05) is 5.75 Å². The van der Waals surface area contributed by atoms with Gasteiger partial charge in [-0.05, 0) is 23.3 Å². The summed E-state index contributed by atoms with van der Waals surface area (Å²) in [4.78, 5) is 11.8. The Hall–Kier alpha value is -1.16. The maximum absolute atomic E-state index is 11.8. The molecule has 2 nitrogen and oxygen atoms in total. The average Bonchev–Trinajstić information content (AvgIpc) is 2.54. The van der Waals surface area contributed by atoms with Crippen molar-refractivity contribution >= 4 is 40.9 Å². The highest BCUT2D eigenvalue weighted by Gasteiger charge is 2.03. The van der Waals surface area contributed by atoms with Crippen molar-refractivity contribution in [2.45, 2.75) is 18.7 Å². The smallest absolute Gasteiger partial charge is 0.221 e. The van der Waals surface area contributed by atoms with Gasteiger partial charge in [0.1, 0.15) is 0 Å². The quantitative estimate of drug-likeness (QED) is 0.714. The van der Waals surface area contributed by atoms with Crippen LogP contribution in [0.1, 0.15) is 17.5 Å². The van der Waals surface area contributed by atoms with Gasteiger partial charge in [0, 0.05) is 24.5 Å². The second kappa shape index (κ2) is 9.09. The second-order valence-corrected chi connectivity index (χ2v) is 6.73. The number of amides is 1. The molecule has 0 fully saturated rings. The Morgan fingerprint density at radius 3 is 2.50 bits per heavy atom. The van der Waals surface area contributed by atoms with Gasteiger partial charge in [0.2, 0.25) is 5.91 Å². The van der Waals surface area contributed by atoms with Gasteiger partial charge in [0.15, 0.2) is 0 Å². The first-order chi connectivity index (χ1) is 10.6. The molecule has 0 bridgehead atoms. The van der Waals surface area contributed by atoms with Gasteiger partial charge in [-0.15, -0.1) is 0 Å². The summed E-state index contributed by atoms with van der Waals surface area (Å²) in [7, 11) is 0. The summed E-state index contributed by atoms with van der Waals surface area (Å²) in [5, 5.41) is 4.06. The number of benzene rings is 2. The summed E-state index contributed by atoms with van der Waals surface area (Å²) in [5.74, 6) is 1.68. The van der Waals surface area contributed by atoms with Crippen molar-refractivity contribution in [1.82, 2.24) is 5.32 Å². The molecule has 0 aromatic heterocycles. The van der Waals surface area contributed by atoms with Crippen LogP contribution in [0.25, 0.3) is 0 Å². The average molecular weight is 354 g/mol. The normalized spacial score (nSPS) is 10.5. The van der Waals surface area contributed by atoms with Crippen molar-refractivity contribution in [3.05, 3.63) is 69.7 Å². The van der Waals surface area contributed by atoms with Crippen molar-refractivity contribution in [3.8, 4) is 0 Å². The van der Waals surface area contributed by atoms with Crippen LogP contribution in [-0.4, -0.2) is 11.7 Å². The molecule has 5 heteroatoms. The molecule has 0 aliphatic heterocycles. The van der Waals surface area contributed by atoms with Crippen LogP contribution in [0.2, 0.25) is 10.0 Å². The molecule has 2 aromatic rings. The van der Waals surface area contributed by atoms with E-state index >= 15 is 0 Å². The molecule has 0 aliphatic rings. The molecule has 0 heterocycles. The summed E-state index contributed by atoms with van der Waals surface area (Å²) >= 11 is 13.6. The summed E-state index contributed by atoms with van der Waals surface area (Å²) < 4.78 is 0. The predicted molar refractivity (Wildman–Crippen MR) is 95.5 cm³/mol. The number of rotatable bonds is 7. The molecule has 0 saturated carbocycles. The van der Waals surface area contributed by atoms with Crippen LogP contribution in [0.15, 0.2) is 48.5 Å². The molecular formula is C17H17Cl2NOS. The van der Waals surface area contributed by atoms with E-state index < -0.39 is 0 Å². The molecule has 1 amide bonds. The fourth-order valence-electron chi connectivity index (χ4n) is 1.87. The molecule has 0 atom stereocenters. The van der Waals surface area contributed by atoms with Gasteiger partial charge in [0.25, 0.3) is 0 Å². The molecule has 0 spiro atoms. The molecule has 1 N–H and O–H groups in total. The van der Waals surface area contributed by atoms with Crippen molar-refractivity contribution in [1.29, 1.82) is 0 Å². The van der Waals surface area contributed by atoms with Gasteiger partial charge in [-0.1, -0.05) is 59.6 Å². The van der Waals surface area contributed by atoms with E-state index in [0.717, 1.165) is 22.6 Å². The van der Waals surface area contributed by atoms with Gasteiger partial charge in [-0.3, -0.25) is 4.79 Å². The highest BCUT2D eigenvalue weighted by Crippen LogP contribution is 2.24. The second-order valence-electron chi connectivity index (χ2n) is 4.81. The monoisotopic (exact) mass is 353 g/mol. The maximum Gasteiger partial charge on any atom is 0.221 e. The number of thioether (sulfide) groups is 1. The first-order valence-corrected chi connectivity index (χ1v) is 8.88. The minimum Gasteiger partial charge on any atom is -0.352 e. The predicted octanol–water partition coefficient (Wildman–Crippen LogP) is 4.93.